The Labute approximate surface area is 234 Å². The lowest BCUT2D eigenvalue weighted by Crippen LogP contribution is -2.51. The van der Waals surface area contributed by atoms with Gasteiger partial charge < -0.3 is 10.2 Å². The van der Waals surface area contributed by atoms with Gasteiger partial charge in [-0.2, -0.15) is 0 Å². The zero-order valence-electron chi connectivity index (χ0n) is 21.5. The summed E-state index contributed by atoms with van der Waals surface area (Å²) >= 11 is 12.1. The highest BCUT2D eigenvalue weighted by atomic mass is 35.5. The molecule has 0 aromatic heterocycles. The second kappa shape index (κ2) is 13.1. The molecule has 10 heteroatoms. The van der Waals surface area contributed by atoms with Gasteiger partial charge in [-0.1, -0.05) is 73.4 Å². The van der Waals surface area contributed by atoms with Gasteiger partial charge in [-0.3, -0.25) is 13.9 Å². The number of halogens is 2. The molecule has 7 nitrogen and oxygen atoms in total. The van der Waals surface area contributed by atoms with E-state index in [0.717, 1.165) is 9.87 Å². The molecular formula is C28H31Cl2N3O4S. The maximum absolute atomic E-state index is 13.8. The molecule has 2 amide bonds. The van der Waals surface area contributed by atoms with Crippen molar-refractivity contribution in [3.8, 4) is 0 Å². The lowest BCUT2D eigenvalue weighted by atomic mass is 10.1. The zero-order valence-corrected chi connectivity index (χ0v) is 23.8. The topological polar surface area (TPSA) is 86.8 Å². The van der Waals surface area contributed by atoms with Gasteiger partial charge in [-0.25, -0.2) is 8.42 Å². The van der Waals surface area contributed by atoms with Crippen LogP contribution in [0.15, 0.2) is 83.8 Å². The van der Waals surface area contributed by atoms with E-state index >= 15 is 0 Å². The standard InChI is InChI=1S/C28H31Cl2N3O4S/c1-20(2)17-31-28(35)21(3)32(18-22-8-5-4-6-9-22)27(34)19-33(25-11-7-10-24(30)16-25)38(36,37)26-14-12-23(29)13-15-26/h4-16,20-21H,17-19H2,1-3H3,(H,31,35). The number of carbonyl (C=O) groups excluding carboxylic acids is 2. The molecule has 1 unspecified atom stereocenters. The minimum Gasteiger partial charge on any atom is -0.354 e. The minimum atomic E-state index is -4.19. The zero-order chi connectivity index (χ0) is 27.9. The second-order valence-electron chi connectivity index (χ2n) is 9.27. The van der Waals surface area contributed by atoms with Gasteiger partial charge in [0.1, 0.15) is 12.6 Å². The summed E-state index contributed by atoms with van der Waals surface area (Å²) in [6, 6.07) is 20.3. The van der Waals surface area contributed by atoms with Crippen molar-refractivity contribution in [3.05, 3.63) is 94.5 Å². The first-order valence-electron chi connectivity index (χ1n) is 12.1. The Bertz CT molecular complexity index is 1350. The van der Waals surface area contributed by atoms with Gasteiger partial charge in [0.05, 0.1) is 10.6 Å². The van der Waals surface area contributed by atoms with Gasteiger partial charge in [0, 0.05) is 23.1 Å². The van der Waals surface area contributed by atoms with E-state index in [4.69, 9.17) is 23.2 Å². The number of nitrogens with one attached hydrogen (secondary N) is 1. The van der Waals surface area contributed by atoms with Crippen LogP contribution in [0.2, 0.25) is 10.0 Å². The lowest BCUT2D eigenvalue weighted by molar-refractivity contribution is -0.139. The SMILES string of the molecule is CC(C)CNC(=O)C(C)N(Cc1ccccc1)C(=O)CN(c1cccc(Cl)c1)S(=O)(=O)c1ccc(Cl)cc1. The molecule has 0 radical (unpaired) electrons. The fourth-order valence-corrected chi connectivity index (χ4v) is 5.43. The van der Waals surface area contributed by atoms with E-state index in [2.05, 4.69) is 5.32 Å². The van der Waals surface area contributed by atoms with Crippen LogP contribution in [0.4, 0.5) is 5.69 Å². The first kappa shape index (κ1) is 29.5. The largest absolute Gasteiger partial charge is 0.354 e. The number of hydrogen-bond acceptors (Lipinski definition) is 4. The van der Waals surface area contributed by atoms with E-state index in [1.54, 1.807) is 25.1 Å². The number of nitrogens with zero attached hydrogens (tertiary/aromatic N) is 2. The average Bonchev–Trinajstić information content (AvgIpc) is 2.89. The van der Waals surface area contributed by atoms with Crippen molar-refractivity contribution in [3.63, 3.8) is 0 Å². The van der Waals surface area contributed by atoms with Crippen LogP contribution in [0.3, 0.4) is 0 Å². The van der Waals surface area contributed by atoms with Crippen LogP contribution in [0.5, 0.6) is 0 Å². The molecule has 0 saturated carbocycles. The summed E-state index contributed by atoms with van der Waals surface area (Å²) in [5, 5.41) is 3.56. The molecule has 0 aliphatic rings. The third kappa shape index (κ3) is 7.72. The quantitative estimate of drug-likeness (QED) is 0.332. The van der Waals surface area contributed by atoms with E-state index in [1.165, 1.54) is 35.2 Å². The Kier molecular flexibility index (Phi) is 10.2. The maximum atomic E-state index is 13.8. The van der Waals surface area contributed by atoms with E-state index in [1.807, 2.05) is 44.2 Å². The van der Waals surface area contributed by atoms with Crippen molar-refractivity contribution in [2.75, 3.05) is 17.4 Å². The van der Waals surface area contributed by atoms with Crippen LogP contribution >= 0.6 is 23.2 Å². The smallest absolute Gasteiger partial charge is 0.264 e. The summed E-state index contributed by atoms with van der Waals surface area (Å²) in [4.78, 5) is 28.1. The Morgan fingerprint density at radius 1 is 0.868 bits per heavy atom. The van der Waals surface area contributed by atoms with Crippen molar-refractivity contribution in [2.45, 2.75) is 38.3 Å². The number of anilines is 1. The Balaban J connectivity index is 2.00. The molecule has 3 aromatic rings. The molecule has 0 heterocycles. The fraction of sp³-hybridized carbons (Fsp3) is 0.286. The van der Waals surface area contributed by atoms with Crippen LogP contribution in [-0.2, 0) is 26.2 Å². The molecule has 202 valence electrons. The summed E-state index contributed by atoms with van der Waals surface area (Å²) in [5.41, 5.74) is 1.02. The van der Waals surface area contributed by atoms with Crippen molar-refractivity contribution in [2.24, 2.45) is 5.92 Å². The minimum absolute atomic E-state index is 0.0352. The maximum Gasteiger partial charge on any atom is 0.264 e. The van der Waals surface area contributed by atoms with Gasteiger partial charge in [0.25, 0.3) is 10.0 Å². The van der Waals surface area contributed by atoms with E-state index in [9.17, 15) is 18.0 Å². The van der Waals surface area contributed by atoms with Gasteiger partial charge in [-0.15, -0.1) is 0 Å². The predicted octanol–water partition coefficient (Wildman–Crippen LogP) is 5.38. The first-order chi connectivity index (χ1) is 18.0. The molecule has 3 rings (SSSR count). The van der Waals surface area contributed by atoms with E-state index in [0.29, 0.717) is 16.6 Å². The lowest BCUT2D eigenvalue weighted by Gasteiger charge is -2.32. The highest BCUT2D eigenvalue weighted by Gasteiger charge is 2.32. The number of amides is 2. The first-order valence-corrected chi connectivity index (χ1v) is 14.3. The number of carbonyl (C=O) groups is 2. The summed E-state index contributed by atoms with van der Waals surface area (Å²) in [6.45, 7) is 5.62. The average molecular weight is 577 g/mol. The van der Waals surface area contributed by atoms with Crippen LogP contribution in [0.25, 0.3) is 0 Å². The van der Waals surface area contributed by atoms with Gasteiger partial charge >= 0.3 is 0 Å². The predicted molar refractivity (Wildman–Crippen MR) is 152 cm³/mol. The normalized spacial score (nSPS) is 12.2. The fourth-order valence-electron chi connectivity index (χ4n) is 3.71. The monoisotopic (exact) mass is 575 g/mol. The third-order valence-electron chi connectivity index (χ3n) is 5.82. The molecular weight excluding hydrogens is 545 g/mol. The van der Waals surface area contributed by atoms with E-state index < -0.39 is 28.5 Å². The Morgan fingerprint density at radius 2 is 1.53 bits per heavy atom. The number of benzene rings is 3. The molecule has 0 bridgehead atoms. The molecule has 3 aromatic carbocycles. The second-order valence-corrected chi connectivity index (χ2v) is 12.0. The van der Waals surface area contributed by atoms with Crippen molar-refractivity contribution in [1.29, 1.82) is 0 Å². The molecule has 1 atom stereocenters. The summed E-state index contributed by atoms with van der Waals surface area (Å²) in [7, 11) is -4.19. The van der Waals surface area contributed by atoms with Crippen molar-refractivity contribution >= 4 is 50.7 Å². The summed E-state index contributed by atoms with van der Waals surface area (Å²) < 4.78 is 28.5. The molecule has 0 spiro atoms. The highest BCUT2D eigenvalue weighted by Crippen LogP contribution is 2.27. The number of hydrogen-bond donors (Lipinski definition) is 1. The van der Waals surface area contributed by atoms with Gasteiger partial charge in [-0.05, 0) is 60.9 Å². The molecule has 0 aliphatic carbocycles. The van der Waals surface area contributed by atoms with Gasteiger partial charge in [0.2, 0.25) is 11.8 Å². The molecule has 0 saturated heterocycles. The summed E-state index contributed by atoms with van der Waals surface area (Å²) in [5.74, 6) is -0.635. The molecule has 0 aliphatic heterocycles. The van der Waals surface area contributed by atoms with Crippen LogP contribution in [-0.4, -0.2) is 44.3 Å². The Morgan fingerprint density at radius 3 is 2.13 bits per heavy atom. The van der Waals surface area contributed by atoms with Gasteiger partial charge in [0.15, 0.2) is 0 Å². The Hall–Kier alpha value is -3.07. The molecule has 38 heavy (non-hydrogen) atoms. The van der Waals surface area contributed by atoms with Crippen molar-refractivity contribution in [1.82, 2.24) is 10.2 Å². The number of rotatable bonds is 11. The van der Waals surface area contributed by atoms with Crippen LogP contribution in [0.1, 0.15) is 26.3 Å². The van der Waals surface area contributed by atoms with Crippen LogP contribution in [0, 0.1) is 5.92 Å². The molecule has 0 fully saturated rings. The van der Waals surface area contributed by atoms with Crippen molar-refractivity contribution < 1.29 is 18.0 Å². The molecule has 1 N–H and O–H groups in total. The summed E-state index contributed by atoms with van der Waals surface area (Å²) in [6.07, 6.45) is 0. The number of sulfonamides is 1. The third-order valence-corrected chi connectivity index (χ3v) is 8.10. The highest BCUT2D eigenvalue weighted by molar-refractivity contribution is 7.92. The van der Waals surface area contributed by atoms with E-state index in [-0.39, 0.29) is 29.0 Å². The van der Waals surface area contributed by atoms with Crippen LogP contribution < -0.4 is 9.62 Å².